The minimum atomic E-state index is 0.239. The van der Waals surface area contributed by atoms with Gasteiger partial charge in [0, 0.05) is 6.21 Å². The van der Waals surface area contributed by atoms with Crippen LogP contribution in [0.25, 0.3) is 0 Å². The van der Waals surface area contributed by atoms with E-state index in [0.717, 1.165) is 17.0 Å². The predicted octanol–water partition coefficient (Wildman–Crippen LogP) is 3.71. The Kier molecular flexibility index (Phi) is 4.34. The molecule has 0 heterocycles. The van der Waals surface area contributed by atoms with Crippen LogP contribution in [-0.2, 0) is 0 Å². The quantitative estimate of drug-likeness (QED) is 0.652. The second-order valence-electron chi connectivity index (χ2n) is 3.94. The van der Waals surface area contributed by atoms with Crippen LogP contribution in [0, 0.1) is 0 Å². The Labute approximate surface area is 112 Å². The van der Waals surface area contributed by atoms with Crippen molar-refractivity contribution in [2.75, 3.05) is 6.61 Å². The van der Waals surface area contributed by atoms with Gasteiger partial charge in [0.1, 0.15) is 18.1 Å². The van der Waals surface area contributed by atoms with Gasteiger partial charge in [-0.15, -0.1) is 0 Å². The molecule has 0 saturated carbocycles. The number of rotatable bonds is 5. The van der Waals surface area contributed by atoms with Gasteiger partial charge in [-0.1, -0.05) is 12.7 Å². The molecule has 0 saturated heterocycles. The van der Waals surface area contributed by atoms with Gasteiger partial charge in [0.15, 0.2) is 0 Å². The zero-order chi connectivity index (χ0) is 13.5. The van der Waals surface area contributed by atoms with Crippen molar-refractivity contribution in [2.24, 2.45) is 4.99 Å². The third kappa shape index (κ3) is 4.00. The van der Waals surface area contributed by atoms with Crippen molar-refractivity contribution < 1.29 is 9.84 Å². The lowest BCUT2D eigenvalue weighted by atomic mass is 10.2. The molecule has 0 unspecified atom stereocenters. The van der Waals surface area contributed by atoms with E-state index in [2.05, 4.69) is 11.6 Å². The topological polar surface area (TPSA) is 41.8 Å². The van der Waals surface area contributed by atoms with Gasteiger partial charge >= 0.3 is 0 Å². The second-order valence-corrected chi connectivity index (χ2v) is 3.94. The van der Waals surface area contributed by atoms with Gasteiger partial charge in [-0.2, -0.15) is 0 Å². The number of phenols is 1. The highest BCUT2D eigenvalue weighted by Crippen LogP contribution is 2.17. The number of aliphatic imine (C=N–C) groups is 1. The van der Waals surface area contributed by atoms with Crippen LogP contribution in [0.5, 0.6) is 11.5 Å². The number of benzene rings is 2. The second kappa shape index (κ2) is 6.40. The number of ether oxygens (including phenoxy) is 1. The van der Waals surface area contributed by atoms with Crippen LogP contribution in [0.3, 0.4) is 0 Å². The molecule has 0 amide bonds. The van der Waals surface area contributed by atoms with E-state index in [1.54, 1.807) is 36.6 Å². The number of aromatic hydroxyl groups is 1. The molecule has 0 aliphatic carbocycles. The van der Waals surface area contributed by atoms with E-state index in [0.29, 0.717) is 6.61 Å². The van der Waals surface area contributed by atoms with Crippen LogP contribution in [0.4, 0.5) is 5.69 Å². The molecule has 2 aromatic rings. The summed E-state index contributed by atoms with van der Waals surface area (Å²) in [4.78, 5) is 4.32. The summed E-state index contributed by atoms with van der Waals surface area (Å²) < 4.78 is 5.40. The van der Waals surface area contributed by atoms with Gasteiger partial charge in [0.25, 0.3) is 0 Å². The van der Waals surface area contributed by atoms with Crippen LogP contribution in [0.1, 0.15) is 5.56 Å². The first-order valence-electron chi connectivity index (χ1n) is 5.95. The average Bonchev–Trinajstić information content (AvgIpc) is 2.46. The zero-order valence-electron chi connectivity index (χ0n) is 10.5. The molecule has 0 radical (unpaired) electrons. The summed E-state index contributed by atoms with van der Waals surface area (Å²) in [6.07, 6.45) is 3.48. The summed E-state index contributed by atoms with van der Waals surface area (Å²) in [5, 5.41) is 9.17. The van der Waals surface area contributed by atoms with Crippen LogP contribution >= 0.6 is 0 Å². The van der Waals surface area contributed by atoms with Crippen molar-refractivity contribution in [1.82, 2.24) is 0 Å². The maximum atomic E-state index is 9.17. The minimum absolute atomic E-state index is 0.239. The summed E-state index contributed by atoms with van der Waals surface area (Å²) in [5.41, 5.74) is 1.78. The fraction of sp³-hybridized carbons (Fsp3) is 0.0625. The lowest BCUT2D eigenvalue weighted by Gasteiger charge is -2.02. The average molecular weight is 253 g/mol. The van der Waals surface area contributed by atoms with E-state index >= 15 is 0 Å². The van der Waals surface area contributed by atoms with Crippen molar-refractivity contribution in [2.45, 2.75) is 0 Å². The Morgan fingerprint density at radius 1 is 1.05 bits per heavy atom. The molecule has 0 fully saturated rings. The van der Waals surface area contributed by atoms with Gasteiger partial charge in [0.2, 0.25) is 0 Å². The Morgan fingerprint density at radius 2 is 1.74 bits per heavy atom. The Balaban J connectivity index is 2.02. The smallest absolute Gasteiger partial charge is 0.119 e. The number of hydrogen-bond donors (Lipinski definition) is 1. The summed E-state index contributed by atoms with van der Waals surface area (Å²) in [6.45, 7) is 4.10. The summed E-state index contributed by atoms with van der Waals surface area (Å²) >= 11 is 0. The van der Waals surface area contributed by atoms with Gasteiger partial charge in [0.05, 0.1) is 5.69 Å². The highest BCUT2D eigenvalue weighted by Gasteiger charge is 1.93. The molecule has 96 valence electrons. The molecule has 3 nitrogen and oxygen atoms in total. The number of hydrogen-bond acceptors (Lipinski definition) is 3. The van der Waals surface area contributed by atoms with E-state index in [-0.39, 0.29) is 5.75 Å². The molecule has 0 aliphatic heterocycles. The van der Waals surface area contributed by atoms with Crippen molar-refractivity contribution >= 4 is 11.9 Å². The van der Waals surface area contributed by atoms with Crippen LogP contribution in [-0.4, -0.2) is 17.9 Å². The van der Waals surface area contributed by atoms with E-state index in [1.165, 1.54) is 0 Å². The van der Waals surface area contributed by atoms with E-state index in [9.17, 15) is 5.11 Å². The molecule has 1 N–H and O–H groups in total. The van der Waals surface area contributed by atoms with Gasteiger partial charge < -0.3 is 9.84 Å². The largest absolute Gasteiger partial charge is 0.508 e. The summed E-state index contributed by atoms with van der Waals surface area (Å²) in [5.74, 6) is 1.05. The first kappa shape index (κ1) is 12.9. The fourth-order valence-electron chi connectivity index (χ4n) is 1.49. The van der Waals surface area contributed by atoms with E-state index < -0.39 is 0 Å². The SMILES string of the molecule is C=CCOc1ccc(C=Nc2ccc(O)cc2)cc1. The van der Waals surface area contributed by atoms with Crippen LogP contribution in [0.15, 0.2) is 66.2 Å². The predicted molar refractivity (Wildman–Crippen MR) is 77.5 cm³/mol. The minimum Gasteiger partial charge on any atom is -0.508 e. The van der Waals surface area contributed by atoms with E-state index in [4.69, 9.17) is 4.74 Å². The van der Waals surface area contributed by atoms with Gasteiger partial charge in [-0.25, -0.2) is 0 Å². The third-order valence-electron chi connectivity index (χ3n) is 2.46. The van der Waals surface area contributed by atoms with E-state index in [1.807, 2.05) is 24.3 Å². The monoisotopic (exact) mass is 253 g/mol. The molecule has 0 aliphatic rings. The molecular weight excluding hydrogens is 238 g/mol. The first-order chi connectivity index (χ1) is 9.28. The standard InChI is InChI=1S/C16H15NO2/c1-2-11-19-16-9-3-13(4-10-16)12-17-14-5-7-15(18)8-6-14/h2-10,12,18H,1,11H2. The summed E-state index contributed by atoms with van der Waals surface area (Å²) in [7, 11) is 0. The molecule has 2 rings (SSSR count). The highest BCUT2D eigenvalue weighted by molar-refractivity contribution is 5.82. The molecule has 0 spiro atoms. The highest BCUT2D eigenvalue weighted by atomic mass is 16.5. The maximum absolute atomic E-state index is 9.17. The Bertz CT molecular complexity index is 556. The third-order valence-corrected chi connectivity index (χ3v) is 2.46. The lowest BCUT2D eigenvalue weighted by molar-refractivity contribution is 0.363. The van der Waals surface area contributed by atoms with Gasteiger partial charge in [-0.05, 0) is 54.1 Å². The van der Waals surface area contributed by atoms with Crippen LogP contribution in [0.2, 0.25) is 0 Å². The molecule has 2 aromatic carbocycles. The molecule has 19 heavy (non-hydrogen) atoms. The van der Waals surface area contributed by atoms with Crippen molar-refractivity contribution in [3.05, 3.63) is 66.7 Å². The van der Waals surface area contributed by atoms with Crippen molar-refractivity contribution in [3.63, 3.8) is 0 Å². The first-order valence-corrected chi connectivity index (χ1v) is 5.95. The number of phenolic OH excluding ortho intramolecular Hbond substituents is 1. The Hall–Kier alpha value is -2.55. The molecule has 0 atom stereocenters. The lowest BCUT2D eigenvalue weighted by Crippen LogP contribution is -1.92. The molecular formula is C16H15NO2. The van der Waals surface area contributed by atoms with Crippen molar-refractivity contribution in [1.29, 1.82) is 0 Å². The summed E-state index contributed by atoms with van der Waals surface area (Å²) in [6, 6.07) is 14.4. The number of nitrogens with zero attached hydrogens (tertiary/aromatic N) is 1. The normalized spacial score (nSPS) is 10.5. The molecule has 0 bridgehead atoms. The van der Waals surface area contributed by atoms with Crippen molar-refractivity contribution in [3.8, 4) is 11.5 Å². The fourth-order valence-corrected chi connectivity index (χ4v) is 1.49. The molecule has 3 heteroatoms. The zero-order valence-corrected chi connectivity index (χ0v) is 10.5. The van der Waals surface area contributed by atoms with Crippen LogP contribution < -0.4 is 4.74 Å². The van der Waals surface area contributed by atoms with Gasteiger partial charge in [-0.3, -0.25) is 4.99 Å². The molecule has 0 aromatic heterocycles. The Morgan fingerprint density at radius 3 is 2.37 bits per heavy atom. The maximum Gasteiger partial charge on any atom is 0.119 e.